The molecular weight excluding hydrogens is 356 g/mol. The third kappa shape index (κ3) is 4.49. The van der Waals surface area contributed by atoms with E-state index in [0.717, 1.165) is 28.2 Å². The van der Waals surface area contributed by atoms with Gasteiger partial charge in [-0.25, -0.2) is 4.98 Å². The number of nitrogens with zero attached hydrogens (tertiary/aromatic N) is 2. The number of methoxy groups -OCH3 is 1. The molecule has 1 heterocycles. The predicted molar refractivity (Wildman–Crippen MR) is 107 cm³/mol. The number of imidazole rings is 1. The van der Waals surface area contributed by atoms with Crippen molar-refractivity contribution in [3.05, 3.63) is 59.9 Å². The van der Waals surface area contributed by atoms with Crippen molar-refractivity contribution in [2.75, 3.05) is 7.11 Å². The summed E-state index contributed by atoms with van der Waals surface area (Å²) in [6.45, 7) is 1.76. The summed E-state index contributed by atoms with van der Waals surface area (Å²) >= 11 is 0. The number of carbonyl (C=O) groups is 2. The third-order valence-electron chi connectivity index (χ3n) is 4.61. The van der Waals surface area contributed by atoms with E-state index >= 15 is 0 Å². The Hall–Kier alpha value is -3.35. The van der Waals surface area contributed by atoms with Crippen molar-refractivity contribution in [2.45, 2.75) is 25.9 Å². The second-order valence-corrected chi connectivity index (χ2v) is 6.58. The molecule has 3 aromatic rings. The molecule has 0 saturated carbocycles. The normalized spacial score (nSPS) is 11.8. The van der Waals surface area contributed by atoms with E-state index in [2.05, 4.69) is 15.6 Å². The van der Waals surface area contributed by atoms with E-state index in [0.29, 0.717) is 6.54 Å². The van der Waals surface area contributed by atoms with Gasteiger partial charge in [0.25, 0.3) is 0 Å². The minimum absolute atomic E-state index is 0.135. The molecule has 0 aliphatic carbocycles. The number of para-hydroxylation sites is 2. The number of rotatable bonds is 7. The summed E-state index contributed by atoms with van der Waals surface area (Å²) in [6, 6.07) is 14.7. The van der Waals surface area contributed by atoms with Crippen LogP contribution in [-0.4, -0.2) is 28.5 Å². The molecule has 0 bridgehead atoms. The molecule has 0 radical (unpaired) electrons. The number of aromatic nitrogens is 2. The predicted octanol–water partition coefficient (Wildman–Crippen LogP) is 2.47. The number of fused-ring (bicyclic) bond motifs is 1. The highest BCUT2D eigenvalue weighted by Gasteiger charge is 2.18. The summed E-state index contributed by atoms with van der Waals surface area (Å²) in [4.78, 5) is 28.6. The van der Waals surface area contributed by atoms with Crippen LogP contribution in [0.2, 0.25) is 0 Å². The van der Waals surface area contributed by atoms with Gasteiger partial charge in [-0.05, 0) is 29.8 Å². The second-order valence-electron chi connectivity index (χ2n) is 6.58. The zero-order chi connectivity index (χ0) is 20.1. The summed E-state index contributed by atoms with van der Waals surface area (Å²) in [7, 11) is 3.52. The Bertz CT molecular complexity index is 979. The summed E-state index contributed by atoms with van der Waals surface area (Å²) in [6.07, 6.45) is 0.135. The first-order valence-corrected chi connectivity index (χ1v) is 9.06. The minimum atomic E-state index is -0.413. The fourth-order valence-electron chi connectivity index (χ4n) is 3.12. The van der Waals surface area contributed by atoms with Gasteiger partial charge >= 0.3 is 0 Å². The Balaban J connectivity index is 1.67. The lowest BCUT2D eigenvalue weighted by atomic mass is 10.0. The Labute approximate surface area is 163 Å². The molecule has 0 fully saturated rings. The fraction of sp³-hybridized carbons (Fsp3) is 0.286. The lowest BCUT2D eigenvalue weighted by molar-refractivity contribution is -0.123. The largest absolute Gasteiger partial charge is 0.497 e. The van der Waals surface area contributed by atoms with Crippen molar-refractivity contribution in [2.24, 2.45) is 7.05 Å². The van der Waals surface area contributed by atoms with E-state index in [9.17, 15) is 9.59 Å². The molecule has 3 rings (SSSR count). The lowest BCUT2D eigenvalue weighted by Crippen LogP contribution is -2.32. The number of amides is 2. The Morgan fingerprint density at radius 3 is 2.50 bits per heavy atom. The molecule has 28 heavy (non-hydrogen) atoms. The number of carbonyl (C=O) groups excluding carboxylic acids is 2. The minimum Gasteiger partial charge on any atom is -0.497 e. The van der Waals surface area contributed by atoms with Gasteiger partial charge in [-0.15, -0.1) is 0 Å². The van der Waals surface area contributed by atoms with Gasteiger partial charge in [0.15, 0.2) is 0 Å². The van der Waals surface area contributed by atoms with E-state index in [-0.39, 0.29) is 18.2 Å². The Morgan fingerprint density at radius 2 is 1.86 bits per heavy atom. The standard InChI is InChI=1S/C21H24N4O3/c1-14(26)23-18(15-8-10-16(28-3)11-9-15)12-21(27)22-13-20-24-17-6-4-5-7-19(17)25(20)2/h4-11,18H,12-13H2,1-3H3,(H,22,27)(H,23,26). The molecule has 2 amide bonds. The first kappa shape index (κ1) is 19.4. The van der Waals surface area contributed by atoms with Gasteiger partial charge in [0.1, 0.15) is 11.6 Å². The van der Waals surface area contributed by atoms with Gasteiger partial charge in [-0.2, -0.15) is 0 Å². The van der Waals surface area contributed by atoms with Crippen LogP contribution in [0.15, 0.2) is 48.5 Å². The van der Waals surface area contributed by atoms with Crippen molar-refractivity contribution in [3.63, 3.8) is 0 Å². The van der Waals surface area contributed by atoms with Crippen molar-refractivity contribution in [3.8, 4) is 5.75 Å². The quantitative estimate of drug-likeness (QED) is 0.659. The molecule has 7 nitrogen and oxygen atoms in total. The van der Waals surface area contributed by atoms with Gasteiger partial charge in [-0.3, -0.25) is 9.59 Å². The molecule has 146 valence electrons. The van der Waals surface area contributed by atoms with E-state index in [4.69, 9.17) is 4.74 Å². The van der Waals surface area contributed by atoms with Crippen molar-refractivity contribution < 1.29 is 14.3 Å². The van der Waals surface area contributed by atoms with Gasteiger partial charge in [-0.1, -0.05) is 24.3 Å². The van der Waals surface area contributed by atoms with Crippen molar-refractivity contribution in [1.29, 1.82) is 0 Å². The van der Waals surface area contributed by atoms with Crippen LogP contribution in [0.25, 0.3) is 11.0 Å². The molecule has 0 spiro atoms. The number of hydrogen-bond acceptors (Lipinski definition) is 4. The topological polar surface area (TPSA) is 85.2 Å². The van der Waals surface area contributed by atoms with Crippen LogP contribution < -0.4 is 15.4 Å². The smallest absolute Gasteiger partial charge is 0.222 e. The number of ether oxygens (including phenoxy) is 1. The highest BCUT2D eigenvalue weighted by molar-refractivity contribution is 5.79. The third-order valence-corrected chi connectivity index (χ3v) is 4.61. The van der Waals surface area contributed by atoms with E-state index in [1.807, 2.05) is 60.1 Å². The van der Waals surface area contributed by atoms with E-state index < -0.39 is 6.04 Å². The molecule has 0 saturated heterocycles. The van der Waals surface area contributed by atoms with Gasteiger partial charge in [0.05, 0.1) is 37.2 Å². The maximum atomic E-state index is 12.5. The SMILES string of the molecule is COc1ccc(C(CC(=O)NCc2nc3ccccc3n2C)NC(C)=O)cc1. The maximum absolute atomic E-state index is 12.5. The zero-order valence-corrected chi connectivity index (χ0v) is 16.2. The number of hydrogen-bond donors (Lipinski definition) is 2. The summed E-state index contributed by atoms with van der Waals surface area (Å²) in [5, 5.41) is 5.73. The van der Waals surface area contributed by atoms with E-state index in [1.165, 1.54) is 6.92 Å². The van der Waals surface area contributed by atoms with Crippen LogP contribution in [0.5, 0.6) is 5.75 Å². The molecule has 1 atom stereocenters. The summed E-state index contributed by atoms with van der Waals surface area (Å²) in [5.41, 5.74) is 2.75. The average molecular weight is 380 g/mol. The zero-order valence-electron chi connectivity index (χ0n) is 16.2. The van der Waals surface area contributed by atoms with Crippen molar-refractivity contribution >= 4 is 22.8 Å². The number of benzene rings is 2. The van der Waals surface area contributed by atoms with Crippen LogP contribution >= 0.6 is 0 Å². The first-order valence-electron chi connectivity index (χ1n) is 9.06. The molecule has 0 aliphatic heterocycles. The van der Waals surface area contributed by atoms with Gasteiger partial charge in [0.2, 0.25) is 11.8 Å². The Morgan fingerprint density at radius 1 is 1.14 bits per heavy atom. The summed E-state index contributed by atoms with van der Waals surface area (Å²) < 4.78 is 7.12. The maximum Gasteiger partial charge on any atom is 0.222 e. The fourth-order valence-corrected chi connectivity index (χ4v) is 3.12. The van der Waals surface area contributed by atoms with Crippen molar-refractivity contribution in [1.82, 2.24) is 20.2 Å². The monoisotopic (exact) mass is 380 g/mol. The van der Waals surface area contributed by atoms with E-state index in [1.54, 1.807) is 7.11 Å². The highest BCUT2D eigenvalue weighted by atomic mass is 16.5. The Kier molecular flexibility index (Phi) is 5.93. The van der Waals surface area contributed by atoms with Crippen LogP contribution in [0.3, 0.4) is 0 Å². The molecular formula is C21H24N4O3. The van der Waals surface area contributed by atoms with Crippen LogP contribution in [0, 0.1) is 0 Å². The molecule has 1 aromatic heterocycles. The number of nitrogens with one attached hydrogen (secondary N) is 2. The van der Waals surface area contributed by atoms with Gasteiger partial charge < -0.3 is 19.9 Å². The summed E-state index contributed by atoms with van der Waals surface area (Å²) in [5.74, 6) is 1.14. The molecule has 0 aliphatic rings. The molecule has 2 N–H and O–H groups in total. The van der Waals surface area contributed by atoms with Crippen LogP contribution in [0.1, 0.15) is 30.8 Å². The molecule has 2 aromatic carbocycles. The lowest BCUT2D eigenvalue weighted by Gasteiger charge is -2.18. The average Bonchev–Trinajstić information content (AvgIpc) is 3.02. The molecule has 1 unspecified atom stereocenters. The van der Waals surface area contributed by atoms with Crippen LogP contribution in [0.4, 0.5) is 0 Å². The highest BCUT2D eigenvalue weighted by Crippen LogP contribution is 2.20. The van der Waals surface area contributed by atoms with Crippen LogP contribution in [-0.2, 0) is 23.2 Å². The first-order chi connectivity index (χ1) is 13.5. The molecule has 7 heteroatoms. The second kappa shape index (κ2) is 8.56. The number of aryl methyl sites for hydroxylation is 1. The van der Waals surface area contributed by atoms with Gasteiger partial charge in [0, 0.05) is 14.0 Å².